The largest absolute Gasteiger partial charge is 0.356 e. The van der Waals surface area contributed by atoms with Crippen molar-refractivity contribution in [1.29, 1.82) is 0 Å². The molecule has 1 aromatic carbocycles. The first-order chi connectivity index (χ1) is 7.84. The highest BCUT2D eigenvalue weighted by Gasteiger charge is 2.16. The van der Waals surface area contributed by atoms with Crippen LogP contribution in [-0.4, -0.2) is 20.9 Å². The van der Waals surface area contributed by atoms with E-state index in [0.717, 1.165) is 0 Å². The smallest absolute Gasteiger partial charge is 0.238 e. The van der Waals surface area contributed by atoms with E-state index in [1.165, 1.54) is 18.2 Å². The molecule has 0 unspecified atom stereocenters. The zero-order valence-electron chi connectivity index (χ0n) is 9.23. The number of rotatable bonds is 4. The number of nitrogens with two attached hydrogens (primary N) is 1. The highest BCUT2D eigenvalue weighted by molar-refractivity contribution is 7.89. The van der Waals surface area contributed by atoms with Gasteiger partial charge in [0.1, 0.15) is 0 Å². The number of benzene rings is 1. The summed E-state index contributed by atoms with van der Waals surface area (Å²) < 4.78 is 22.6. The molecule has 0 aromatic heterocycles. The second-order valence-electron chi connectivity index (χ2n) is 3.43. The molecule has 0 bridgehead atoms. The predicted molar refractivity (Wildman–Crippen MR) is 65.2 cm³/mol. The Balaban J connectivity index is 3.13. The Kier molecular flexibility index (Phi) is 4.50. The third-order valence-corrected chi connectivity index (χ3v) is 3.30. The van der Waals surface area contributed by atoms with E-state index < -0.39 is 10.0 Å². The molecule has 0 aliphatic heterocycles. The topological polar surface area (TPSA) is 89.3 Å². The lowest BCUT2D eigenvalue weighted by molar-refractivity contribution is -0.120. The van der Waals surface area contributed by atoms with Crippen LogP contribution in [0.25, 0.3) is 0 Å². The minimum absolute atomic E-state index is 0.0693. The third-order valence-electron chi connectivity index (χ3n) is 2.05. The minimum Gasteiger partial charge on any atom is -0.356 e. The Bertz CT molecular complexity index is 528. The highest BCUT2D eigenvalue weighted by Crippen LogP contribution is 2.20. The van der Waals surface area contributed by atoms with Gasteiger partial charge in [0, 0.05) is 11.6 Å². The number of hydrogen-bond donors (Lipinski definition) is 2. The molecule has 0 saturated heterocycles. The lowest BCUT2D eigenvalue weighted by Gasteiger charge is -2.08. The maximum Gasteiger partial charge on any atom is 0.238 e. The summed E-state index contributed by atoms with van der Waals surface area (Å²) in [6.07, 6.45) is -0.0693. The molecule has 1 amide bonds. The molecule has 7 heteroatoms. The van der Waals surface area contributed by atoms with Gasteiger partial charge in [0.15, 0.2) is 0 Å². The molecule has 17 heavy (non-hydrogen) atoms. The Morgan fingerprint density at radius 2 is 2.12 bits per heavy atom. The summed E-state index contributed by atoms with van der Waals surface area (Å²) >= 11 is 5.76. The first-order valence-corrected chi connectivity index (χ1v) is 6.85. The van der Waals surface area contributed by atoms with Gasteiger partial charge in [-0.1, -0.05) is 11.6 Å². The Morgan fingerprint density at radius 3 is 2.65 bits per heavy atom. The number of amides is 1. The number of hydrogen-bond acceptors (Lipinski definition) is 3. The molecular formula is C10H13ClN2O3S. The van der Waals surface area contributed by atoms with Crippen LogP contribution in [0.4, 0.5) is 0 Å². The van der Waals surface area contributed by atoms with Gasteiger partial charge in [-0.25, -0.2) is 13.6 Å². The van der Waals surface area contributed by atoms with E-state index in [9.17, 15) is 13.2 Å². The standard InChI is InChI=1S/C10H13ClN2O3S/c1-2-13-10(14)6-7-5-8(11)3-4-9(7)17(12,15)16/h3-5H,2,6H2,1H3,(H,13,14)(H2,12,15,16). The van der Waals surface area contributed by atoms with Crippen molar-refractivity contribution in [3.05, 3.63) is 28.8 Å². The van der Waals surface area contributed by atoms with E-state index in [0.29, 0.717) is 17.1 Å². The van der Waals surface area contributed by atoms with Gasteiger partial charge < -0.3 is 5.32 Å². The second kappa shape index (κ2) is 5.48. The lowest BCUT2D eigenvalue weighted by atomic mass is 10.1. The fourth-order valence-corrected chi connectivity index (χ4v) is 2.35. The molecule has 0 heterocycles. The number of halogens is 1. The molecule has 0 saturated carbocycles. The highest BCUT2D eigenvalue weighted by atomic mass is 35.5. The van der Waals surface area contributed by atoms with E-state index in [1.807, 2.05) is 0 Å². The summed E-state index contributed by atoms with van der Waals surface area (Å²) in [4.78, 5) is 11.3. The molecule has 0 atom stereocenters. The van der Waals surface area contributed by atoms with E-state index >= 15 is 0 Å². The van der Waals surface area contributed by atoms with Crippen molar-refractivity contribution in [2.24, 2.45) is 5.14 Å². The molecule has 5 nitrogen and oxygen atoms in total. The number of likely N-dealkylation sites (N-methyl/N-ethyl adjacent to an activating group) is 1. The van der Waals surface area contributed by atoms with Crippen LogP contribution in [0.5, 0.6) is 0 Å². The maximum absolute atomic E-state index is 11.4. The third kappa shape index (κ3) is 3.99. The Morgan fingerprint density at radius 1 is 1.47 bits per heavy atom. The number of primary sulfonamides is 1. The summed E-state index contributed by atoms with van der Waals surface area (Å²) in [7, 11) is -3.85. The van der Waals surface area contributed by atoms with Crippen molar-refractivity contribution in [3.8, 4) is 0 Å². The normalized spacial score (nSPS) is 11.2. The van der Waals surface area contributed by atoms with Gasteiger partial charge in [-0.05, 0) is 30.7 Å². The molecule has 0 aliphatic carbocycles. The number of sulfonamides is 1. The van der Waals surface area contributed by atoms with E-state index in [-0.39, 0.29) is 17.2 Å². The van der Waals surface area contributed by atoms with E-state index in [4.69, 9.17) is 16.7 Å². The van der Waals surface area contributed by atoms with Crippen LogP contribution in [0.3, 0.4) is 0 Å². The van der Waals surface area contributed by atoms with Gasteiger partial charge in [0.05, 0.1) is 11.3 Å². The second-order valence-corrected chi connectivity index (χ2v) is 5.39. The van der Waals surface area contributed by atoms with Crippen LogP contribution in [0.15, 0.2) is 23.1 Å². The quantitative estimate of drug-likeness (QED) is 0.847. The van der Waals surface area contributed by atoms with Crippen LogP contribution in [0.1, 0.15) is 12.5 Å². The lowest BCUT2D eigenvalue weighted by Crippen LogP contribution is -2.25. The maximum atomic E-state index is 11.4. The summed E-state index contributed by atoms with van der Waals surface area (Å²) in [6, 6.07) is 4.14. The summed E-state index contributed by atoms with van der Waals surface area (Å²) in [6.45, 7) is 2.25. The molecule has 3 N–H and O–H groups in total. The van der Waals surface area contributed by atoms with Gasteiger partial charge in [0.2, 0.25) is 15.9 Å². The van der Waals surface area contributed by atoms with E-state index in [1.54, 1.807) is 6.92 Å². The summed E-state index contributed by atoms with van der Waals surface area (Å²) in [5.74, 6) is -0.278. The van der Waals surface area contributed by atoms with Crippen LogP contribution in [-0.2, 0) is 21.2 Å². The van der Waals surface area contributed by atoms with Crippen molar-refractivity contribution >= 4 is 27.5 Å². The minimum atomic E-state index is -3.85. The van der Waals surface area contributed by atoms with E-state index in [2.05, 4.69) is 5.32 Å². The first kappa shape index (κ1) is 14.0. The van der Waals surface area contributed by atoms with Crippen molar-refractivity contribution in [3.63, 3.8) is 0 Å². The SMILES string of the molecule is CCNC(=O)Cc1cc(Cl)ccc1S(N)(=O)=O. The monoisotopic (exact) mass is 276 g/mol. The number of nitrogens with one attached hydrogen (secondary N) is 1. The summed E-state index contributed by atoms with van der Waals surface area (Å²) in [5, 5.41) is 7.99. The molecule has 0 radical (unpaired) electrons. The average Bonchev–Trinajstić information content (AvgIpc) is 2.15. The zero-order chi connectivity index (χ0) is 13.1. The predicted octanol–water partition coefficient (Wildman–Crippen LogP) is 0.666. The Hall–Kier alpha value is -1.11. The number of carbonyl (C=O) groups excluding carboxylic acids is 1. The van der Waals surface area contributed by atoms with Crippen molar-refractivity contribution in [1.82, 2.24) is 5.32 Å². The van der Waals surface area contributed by atoms with Gasteiger partial charge in [-0.15, -0.1) is 0 Å². The fraction of sp³-hybridized carbons (Fsp3) is 0.300. The van der Waals surface area contributed by atoms with Gasteiger partial charge in [0.25, 0.3) is 0 Å². The molecule has 1 rings (SSSR count). The molecule has 94 valence electrons. The molecule has 1 aromatic rings. The molecular weight excluding hydrogens is 264 g/mol. The fourth-order valence-electron chi connectivity index (χ4n) is 1.40. The molecule has 0 aliphatic rings. The zero-order valence-corrected chi connectivity index (χ0v) is 10.8. The van der Waals surface area contributed by atoms with Gasteiger partial charge in [-0.2, -0.15) is 0 Å². The van der Waals surface area contributed by atoms with Crippen molar-refractivity contribution < 1.29 is 13.2 Å². The van der Waals surface area contributed by atoms with Gasteiger partial charge in [-0.3, -0.25) is 4.79 Å². The first-order valence-electron chi connectivity index (χ1n) is 4.92. The Labute approximate surface area is 105 Å². The van der Waals surface area contributed by atoms with Gasteiger partial charge >= 0.3 is 0 Å². The molecule has 0 spiro atoms. The van der Waals surface area contributed by atoms with Crippen LogP contribution in [0, 0.1) is 0 Å². The average molecular weight is 277 g/mol. The summed E-state index contributed by atoms with van der Waals surface area (Å²) in [5.41, 5.74) is 0.297. The number of carbonyl (C=O) groups is 1. The van der Waals surface area contributed by atoms with Crippen LogP contribution in [0.2, 0.25) is 5.02 Å². The van der Waals surface area contributed by atoms with Crippen LogP contribution < -0.4 is 10.5 Å². The van der Waals surface area contributed by atoms with Crippen molar-refractivity contribution in [2.45, 2.75) is 18.2 Å². The van der Waals surface area contributed by atoms with Crippen LogP contribution >= 0.6 is 11.6 Å². The molecule has 0 fully saturated rings. The van der Waals surface area contributed by atoms with Crippen molar-refractivity contribution in [2.75, 3.05) is 6.54 Å².